The highest BCUT2D eigenvalue weighted by Gasteiger charge is 2.44. The highest BCUT2D eigenvalue weighted by Crippen LogP contribution is 2.38. The number of hydrogen-bond acceptors (Lipinski definition) is 5. The summed E-state index contributed by atoms with van der Waals surface area (Å²) in [6.45, 7) is 10.3. The van der Waals surface area contributed by atoms with E-state index < -0.39 is 17.5 Å². The molecule has 6 nitrogen and oxygen atoms in total. The molecule has 2 aliphatic rings. The Morgan fingerprint density at radius 2 is 1.78 bits per heavy atom. The van der Waals surface area contributed by atoms with E-state index in [0.717, 1.165) is 12.8 Å². The molecule has 1 amide bonds. The number of carbonyl (C=O) groups is 3. The van der Waals surface area contributed by atoms with Gasteiger partial charge in [-0.05, 0) is 39.0 Å². The van der Waals surface area contributed by atoms with Crippen molar-refractivity contribution in [2.24, 2.45) is 11.3 Å². The number of piperidine rings is 1. The summed E-state index contributed by atoms with van der Waals surface area (Å²) in [5.41, 5.74) is -0.586. The third kappa shape index (κ3) is 4.69. The molecule has 130 valence electrons. The SMILES string of the molecule is CC1(C)CCC(C2CC(=O)OC(=O)C2)N(C(=O)OC(C)(C)C)C1. The molecule has 0 aromatic rings. The number of cyclic esters (lactones) is 2. The second-order valence-electron chi connectivity index (χ2n) is 8.39. The molecular formula is C17H27NO5. The van der Waals surface area contributed by atoms with Crippen molar-refractivity contribution >= 4 is 18.0 Å². The minimum Gasteiger partial charge on any atom is -0.444 e. The van der Waals surface area contributed by atoms with Crippen LogP contribution in [0.5, 0.6) is 0 Å². The van der Waals surface area contributed by atoms with E-state index in [4.69, 9.17) is 4.74 Å². The molecule has 2 saturated heterocycles. The second-order valence-corrected chi connectivity index (χ2v) is 8.39. The Hall–Kier alpha value is -1.59. The van der Waals surface area contributed by atoms with Gasteiger partial charge in [0.1, 0.15) is 5.60 Å². The van der Waals surface area contributed by atoms with Gasteiger partial charge in [0.25, 0.3) is 0 Å². The minimum absolute atomic E-state index is 0.00735. The molecule has 0 saturated carbocycles. The van der Waals surface area contributed by atoms with Crippen LogP contribution in [0, 0.1) is 11.3 Å². The van der Waals surface area contributed by atoms with Gasteiger partial charge in [-0.1, -0.05) is 13.8 Å². The van der Waals surface area contributed by atoms with Crippen LogP contribution in [0.4, 0.5) is 4.79 Å². The van der Waals surface area contributed by atoms with Crippen LogP contribution in [0.1, 0.15) is 60.3 Å². The molecule has 2 rings (SSSR count). The van der Waals surface area contributed by atoms with Crippen molar-refractivity contribution in [3.63, 3.8) is 0 Å². The van der Waals surface area contributed by atoms with E-state index in [-0.39, 0.29) is 36.3 Å². The van der Waals surface area contributed by atoms with Gasteiger partial charge in [0.15, 0.2) is 0 Å². The van der Waals surface area contributed by atoms with Crippen LogP contribution in [-0.2, 0) is 19.1 Å². The molecule has 2 aliphatic heterocycles. The number of nitrogens with zero attached hydrogens (tertiary/aromatic N) is 1. The summed E-state index contributed by atoms with van der Waals surface area (Å²) in [6, 6.07) is -0.158. The summed E-state index contributed by atoms with van der Waals surface area (Å²) in [4.78, 5) is 37.5. The van der Waals surface area contributed by atoms with Crippen LogP contribution in [0.2, 0.25) is 0 Å². The van der Waals surface area contributed by atoms with E-state index >= 15 is 0 Å². The lowest BCUT2D eigenvalue weighted by Gasteiger charge is -2.46. The second kappa shape index (κ2) is 6.13. The average molecular weight is 325 g/mol. The van der Waals surface area contributed by atoms with E-state index in [9.17, 15) is 14.4 Å². The lowest BCUT2D eigenvalue weighted by atomic mass is 9.76. The fourth-order valence-electron chi connectivity index (χ4n) is 3.35. The molecule has 0 aliphatic carbocycles. The van der Waals surface area contributed by atoms with Gasteiger partial charge in [0.05, 0.1) is 12.8 Å². The Morgan fingerprint density at radius 1 is 1.22 bits per heavy atom. The molecule has 6 heteroatoms. The van der Waals surface area contributed by atoms with E-state index in [1.165, 1.54) is 0 Å². The molecule has 1 atom stereocenters. The van der Waals surface area contributed by atoms with Crippen molar-refractivity contribution in [1.82, 2.24) is 4.90 Å². The average Bonchev–Trinajstić information content (AvgIpc) is 2.34. The Labute approximate surface area is 137 Å². The fraction of sp³-hybridized carbons (Fsp3) is 0.824. The number of likely N-dealkylation sites (tertiary alicyclic amines) is 1. The highest BCUT2D eigenvalue weighted by atomic mass is 16.6. The summed E-state index contributed by atoms with van der Waals surface area (Å²) in [5.74, 6) is -1.19. The highest BCUT2D eigenvalue weighted by molar-refractivity contribution is 5.88. The van der Waals surface area contributed by atoms with Gasteiger partial charge >= 0.3 is 18.0 Å². The summed E-state index contributed by atoms with van der Waals surface area (Å²) >= 11 is 0. The normalized spacial score (nSPS) is 26.0. The first-order valence-corrected chi connectivity index (χ1v) is 8.20. The number of esters is 2. The predicted molar refractivity (Wildman–Crippen MR) is 83.6 cm³/mol. The monoisotopic (exact) mass is 325 g/mol. The molecule has 0 aromatic carbocycles. The first-order chi connectivity index (χ1) is 10.5. The summed E-state index contributed by atoms with van der Waals surface area (Å²) in [5, 5.41) is 0. The van der Waals surface area contributed by atoms with Gasteiger partial charge in [-0.2, -0.15) is 0 Å². The molecule has 0 N–H and O–H groups in total. The number of ether oxygens (including phenoxy) is 2. The van der Waals surface area contributed by atoms with Crippen molar-refractivity contribution in [2.75, 3.05) is 6.54 Å². The number of amides is 1. The number of carbonyl (C=O) groups excluding carboxylic acids is 3. The van der Waals surface area contributed by atoms with Gasteiger partial charge in [-0.15, -0.1) is 0 Å². The first-order valence-electron chi connectivity index (χ1n) is 8.20. The van der Waals surface area contributed by atoms with Crippen LogP contribution >= 0.6 is 0 Å². The molecule has 23 heavy (non-hydrogen) atoms. The van der Waals surface area contributed by atoms with Crippen LogP contribution < -0.4 is 0 Å². The zero-order valence-electron chi connectivity index (χ0n) is 14.7. The van der Waals surface area contributed by atoms with Crippen LogP contribution in [0.15, 0.2) is 0 Å². The van der Waals surface area contributed by atoms with E-state index in [0.29, 0.717) is 6.54 Å². The maximum Gasteiger partial charge on any atom is 0.410 e. The smallest absolute Gasteiger partial charge is 0.410 e. The maximum atomic E-state index is 12.6. The molecule has 0 bridgehead atoms. The standard InChI is InChI=1S/C17H27NO5/c1-16(2,3)23-15(21)18-10-17(4,5)7-6-12(18)11-8-13(19)22-14(20)9-11/h11-12H,6-10H2,1-5H3. The van der Waals surface area contributed by atoms with Crippen LogP contribution in [0.25, 0.3) is 0 Å². The van der Waals surface area contributed by atoms with Gasteiger partial charge in [-0.3, -0.25) is 9.59 Å². The largest absolute Gasteiger partial charge is 0.444 e. The minimum atomic E-state index is -0.579. The Kier molecular flexibility index (Phi) is 4.74. The van der Waals surface area contributed by atoms with Crippen molar-refractivity contribution < 1.29 is 23.9 Å². The predicted octanol–water partition coefficient (Wildman–Crippen LogP) is 2.89. The summed E-state index contributed by atoms with van der Waals surface area (Å²) in [6.07, 6.45) is 1.68. The molecule has 0 aromatic heterocycles. The lowest BCUT2D eigenvalue weighted by molar-refractivity contribution is -0.167. The van der Waals surface area contributed by atoms with Gasteiger partial charge < -0.3 is 14.4 Å². The van der Waals surface area contributed by atoms with Gasteiger partial charge in [0, 0.05) is 18.5 Å². The first kappa shape index (κ1) is 17.8. The van der Waals surface area contributed by atoms with Crippen molar-refractivity contribution in [3.8, 4) is 0 Å². The zero-order chi connectivity index (χ0) is 17.4. The molecule has 2 heterocycles. The maximum absolute atomic E-state index is 12.6. The molecular weight excluding hydrogens is 298 g/mol. The topological polar surface area (TPSA) is 72.9 Å². The Balaban J connectivity index is 2.19. The molecule has 0 spiro atoms. The third-order valence-electron chi connectivity index (χ3n) is 4.37. The van der Waals surface area contributed by atoms with Gasteiger partial charge in [0.2, 0.25) is 0 Å². The van der Waals surface area contributed by atoms with Crippen molar-refractivity contribution in [2.45, 2.75) is 71.9 Å². The summed E-state index contributed by atoms with van der Waals surface area (Å²) < 4.78 is 10.1. The Bertz CT molecular complexity index is 490. The van der Waals surface area contributed by atoms with E-state index in [1.54, 1.807) is 4.90 Å². The number of hydrogen-bond donors (Lipinski definition) is 0. The zero-order valence-corrected chi connectivity index (χ0v) is 14.7. The lowest BCUT2D eigenvalue weighted by Crippen LogP contribution is -2.55. The van der Waals surface area contributed by atoms with Crippen molar-refractivity contribution in [1.29, 1.82) is 0 Å². The van der Waals surface area contributed by atoms with Crippen LogP contribution in [0.3, 0.4) is 0 Å². The van der Waals surface area contributed by atoms with Crippen molar-refractivity contribution in [3.05, 3.63) is 0 Å². The molecule has 0 radical (unpaired) electrons. The van der Waals surface area contributed by atoms with Gasteiger partial charge in [-0.25, -0.2) is 4.79 Å². The third-order valence-corrected chi connectivity index (χ3v) is 4.37. The quantitative estimate of drug-likeness (QED) is 0.547. The summed E-state index contributed by atoms with van der Waals surface area (Å²) in [7, 11) is 0. The van der Waals surface area contributed by atoms with E-state index in [2.05, 4.69) is 18.6 Å². The van der Waals surface area contributed by atoms with Crippen LogP contribution in [-0.4, -0.2) is 41.1 Å². The molecule has 2 fully saturated rings. The fourth-order valence-corrected chi connectivity index (χ4v) is 3.35. The molecule has 1 unspecified atom stereocenters. The van der Waals surface area contributed by atoms with E-state index in [1.807, 2.05) is 20.8 Å². The number of rotatable bonds is 1. The Morgan fingerprint density at radius 3 is 2.30 bits per heavy atom.